The number of aliphatic hydroxyl groups is 5. The van der Waals surface area contributed by atoms with Gasteiger partial charge >= 0.3 is 19.8 Å². The highest BCUT2D eigenvalue weighted by atomic mass is 31.2. The maximum atomic E-state index is 12.8. The molecule has 1 fully saturated rings. The second-order valence-electron chi connectivity index (χ2n) is 15.5. The minimum absolute atomic E-state index is 0.0429. The molecule has 14 heteroatoms. The van der Waals surface area contributed by atoms with Crippen molar-refractivity contribution < 1.29 is 63.1 Å². The fourth-order valence-electron chi connectivity index (χ4n) is 6.46. The van der Waals surface area contributed by atoms with E-state index in [1.54, 1.807) is 0 Å². The van der Waals surface area contributed by atoms with Crippen LogP contribution in [0, 0.1) is 0 Å². The van der Waals surface area contributed by atoms with E-state index in [1.165, 1.54) is 77.0 Å². The van der Waals surface area contributed by atoms with Gasteiger partial charge in [0.25, 0.3) is 0 Å². The highest BCUT2D eigenvalue weighted by Gasteiger charge is 2.51. The number of carbonyl (C=O) groups excluding carboxylic acids is 2. The second kappa shape index (κ2) is 35.4. The van der Waals surface area contributed by atoms with Crippen LogP contribution >= 0.6 is 7.82 Å². The van der Waals surface area contributed by atoms with Gasteiger partial charge in [0.15, 0.2) is 6.10 Å². The quantitative estimate of drug-likeness (QED) is 0.0152. The molecule has 0 aromatic carbocycles. The second-order valence-corrected chi connectivity index (χ2v) is 16.9. The van der Waals surface area contributed by atoms with Crippen LogP contribution in [0.2, 0.25) is 0 Å². The Morgan fingerprint density at radius 3 is 1.44 bits per heavy atom. The van der Waals surface area contributed by atoms with Gasteiger partial charge in [-0.1, -0.05) is 127 Å². The van der Waals surface area contributed by atoms with Gasteiger partial charge in [0.05, 0.1) is 6.61 Å². The maximum Gasteiger partial charge on any atom is 0.472 e. The minimum atomic E-state index is -5.13. The molecular weight excluding hydrogens is 779 g/mol. The fraction of sp³-hybridized carbons (Fsp3) is 0.778. The summed E-state index contributed by atoms with van der Waals surface area (Å²) in [6, 6.07) is 0. The van der Waals surface area contributed by atoms with Crippen LogP contribution < -0.4 is 0 Å². The van der Waals surface area contributed by atoms with E-state index in [0.29, 0.717) is 12.8 Å². The summed E-state index contributed by atoms with van der Waals surface area (Å²) in [5.74, 6) is -1.17. The molecule has 0 aliphatic heterocycles. The molecule has 59 heavy (non-hydrogen) atoms. The highest BCUT2D eigenvalue weighted by Crippen LogP contribution is 2.47. The summed E-state index contributed by atoms with van der Waals surface area (Å²) < 4.78 is 33.4. The molecule has 342 valence electrons. The molecule has 0 saturated heterocycles. The normalized spacial score (nSPS) is 22.8. The van der Waals surface area contributed by atoms with Gasteiger partial charge in [0, 0.05) is 12.8 Å². The van der Waals surface area contributed by atoms with Gasteiger partial charge in [-0.2, -0.15) is 0 Å². The van der Waals surface area contributed by atoms with Crippen LogP contribution in [0.4, 0.5) is 0 Å². The third kappa shape index (κ3) is 28.1. The molecule has 6 unspecified atom stereocenters. The number of hydrogen-bond acceptors (Lipinski definition) is 12. The number of esters is 2. The lowest BCUT2D eigenvalue weighted by molar-refractivity contribution is -0.220. The third-order valence-electron chi connectivity index (χ3n) is 10.1. The number of unbranched alkanes of at least 4 members (excludes halogenated alkanes) is 16. The van der Waals surface area contributed by atoms with Crippen LogP contribution in [-0.2, 0) is 32.7 Å². The first kappa shape index (κ1) is 54.8. The van der Waals surface area contributed by atoms with E-state index in [0.717, 1.165) is 51.4 Å². The number of aliphatic hydroxyl groups excluding tert-OH is 5. The van der Waals surface area contributed by atoms with E-state index in [4.69, 9.17) is 18.5 Å². The third-order valence-corrected chi connectivity index (χ3v) is 11.1. The van der Waals surface area contributed by atoms with Gasteiger partial charge < -0.3 is 39.9 Å². The van der Waals surface area contributed by atoms with Crippen LogP contribution in [0.3, 0.4) is 0 Å². The van der Waals surface area contributed by atoms with Crippen molar-refractivity contribution in [1.82, 2.24) is 0 Å². The van der Waals surface area contributed by atoms with Crippen molar-refractivity contribution in [2.75, 3.05) is 13.2 Å². The van der Waals surface area contributed by atoms with Crippen molar-refractivity contribution in [2.24, 2.45) is 0 Å². The van der Waals surface area contributed by atoms with Crippen molar-refractivity contribution in [3.05, 3.63) is 48.6 Å². The number of rotatable bonds is 36. The Morgan fingerprint density at radius 2 is 0.915 bits per heavy atom. The molecule has 1 aliphatic carbocycles. The highest BCUT2D eigenvalue weighted by molar-refractivity contribution is 7.47. The summed E-state index contributed by atoms with van der Waals surface area (Å²) in [5, 5.41) is 50.1. The van der Waals surface area contributed by atoms with E-state index in [9.17, 15) is 44.6 Å². The molecule has 1 rings (SSSR count). The first-order chi connectivity index (χ1) is 28.4. The zero-order chi connectivity index (χ0) is 43.6. The monoisotopic (exact) mass is 859 g/mol. The fourth-order valence-corrected chi connectivity index (χ4v) is 7.44. The van der Waals surface area contributed by atoms with Gasteiger partial charge in [0.2, 0.25) is 0 Å². The summed E-state index contributed by atoms with van der Waals surface area (Å²) in [7, 11) is -5.13. The molecule has 13 nitrogen and oxygen atoms in total. The lowest BCUT2D eigenvalue weighted by atomic mass is 9.85. The topological polar surface area (TPSA) is 210 Å². The predicted molar refractivity (Wildman–Crippen MR) is 230 cm³/mol. The van der Waals surface area contributed by atoms with Crippen molar-refractivity contribution >= 4 is 19.8 Å². The van der Waals surface area contributed by atoms with E-state index in [-0.39, 0.29) is 12.8 Å². The molecule has 0 amide bonds. The summed E-state index contributed by atoms with van der Waals surface area (Å²) in [5.41, 5.74) is 0. The van der Waals surface area contributed by atoms with Gasteiger partial charge in [-0.15, -0.1) is 0 Å². The number of phosphoric ester groups is 1. The Morgan fingerprint density at radius 1 is 0.525 bits per heavy atom. The average Bonchev–Trinajstić information content (AvgIpc) is 3.21. The number of allylic oxidation sites excluding steroid dienone is 8. The predicted octanol–water partition coefficient (Wildman–Crippen LogP) is 8.39. The van der Waals surface area contributed by atoms with Crippen LogP contribution in [0.1, 0.15) is 168 Å². The summed E-state index contributed by atoms with van der Waals surface area (Å²) >= 11 is 0. The molecule has 6 N–H and O–H groups in total. The molecule has 0 aromatic rings. The summed E-state index contributed by atoms with van der Waals surface area (Å²) in [6.45, 7) is 3.21. The molecular formula is C45H79O13P. The van der Waals surface area contributed by atoms with Crippen molar-refractivity contribution in [3.8, 4) is 0 Å². The van der Waals surface area contributed by atoms with Crippen molar-refractivity contribution in [3.63, 3.8) is 0 Å². The molecule has 1 saturated carbocycles. The number of phosphoric acid groups is 1. The maximum absolute atomic E-state index is 12.8. The van der Waals surface area contributed by atoms with E-state index in [1.807, 2.05) is 0 Å². The Kier molecular flexibility index (Phi) is 32.9. The zero-order valence-electron chi connectivity index (χ0n) is 36.0. The Balaban J connectivity index is 2.53. The molecule has 0 heterocycles. The lowest BCUT2D eigenvalue weighted by Gasteiger charge is -2.41. The summed E-state index contributed by atoms with van der Waals surface area (Å²) in [4.78, 5) is 35.6. The van der Waals surface area contributed by atoms with Gasteiger partial charge in [0.1, 0.15) is 43.2 Å². The Labute approximate surface area is 354 Å². The molecule has 1 aliphatic rings. The van der Waals surface area contributed by atoms with Crippen LogP contribution in [0.15, 0.2) is 48.6 Å². The summed E-state index contributed by atoms with van der Waals surface area (Å²) in [6.07, 6.45) is 27.5. The molecule has 8 atom stereocenters. The Bertz CT molecular complexity index is 1220. The van der Waals surface area contributed by atoms with Gasteiger partial charge in [-0.05, 0) is 77.0 Å². The van der Waals surface area contributed by atoms with E-state index >= 15 is 0 Å². The number of hydrogen-bond donors (Lipinski definition) is 6. The average molecular weight is 859 g/mol. The SMILES string of the molecule is CCCCC/C=C/C/C=C/C/C=C/CCCCC(=O)O[C@H](COC(=O)CCCC/C=C/CCCCCCCCCCC)COP(=O)(O)OC1C(O)C(O)C(O)[C@@H](O)C1O. The Hall–Kier alpha value is -2.19. The lowest BCUT2D eigenvalue weighted by Crippen LogP contribution is -2.64. The molecule has 0 radical (unpaired) electrons. The first-order valence-corrected chi connectivity index (χ1v) is 23.9. The molecule has 0 aromatic heterocycles. The standard InChI is InChI=1S/C45H79O13P/c1-3-5-7-9-11-13-15-17-19-21-23-25-27-29-31-33-38(46)55-35-37(36-56-59(53,54)58-45-43(51)41(49)40(48)42(50)44(45)52)57-39(47)34-32-30-28-26-24-22-20-18-16-14-12-10-8-6-4-2/h12,14,18,20,23-26,37,40-45,48-52H,3-11,13,15-17,19,21-22,27-36H2,1-2H3,(H,53,54)/b14-12+,20-18+,25-23+,26-24+/t37-,40?,41-,42?,43?,44?,45?/m1/s1. The van der Waals surface area contributed by atoms with Crippen molar-refractivity contribution in [2.45, 2.75) is 211 Å². The first-order valence-electron chi connectivity index (χ1n) is 22.4. The number of carbonyl (C=O) groups is 2. The van der Waals surface area contributed by atoms with Gasteiger partial charge in [-0.3, -0.25) is 18.6 Å². The zero-order valence-corrected chi connectivity index (χ0v) is 36.9. The minimum Gasteiger partial charge on any atom is -0.462 e. The molecule has 0 bridgehead atoms. The largest absolute Gasteiger partial charge is 0.472 e. The molecule has 0 spiro atoms. The van der Waals surface area contributed by atoms with Crippen molar-refractivity contribution in [1.29, 1.82) is 0 Å². The van der Waals surface area contributed by atoms with Gasteiger partial charge in [-0.25, -0.2) is 4.57 Å². The van der Waals surface area contributed by atoms with Crippen LogP contribution in [0.25, 0.3) is 0 Å². The number of ether oxygens (including phenoxy) is 2. The van der Waals surface area contributed by atoms with E-state index in [2.05, 4.69) is 62.5 Å². The van der Waals surface area contributed by atoms with Crippen LogP contribution in [-0.4, -0.2) is 98.3 Å². The van der Waals surface area contributed by atoms with E-state index < -0.39 is 75.7 Å². The van der Waals surface area contributed by atoms with Crippen LogP contribution in [0.5, 0.6) is 0 Å². The smallest absolute Gasteiger partial charge is 0.462 e.